The summed E-state index contributed by atoms with van der Waals surface area (Å²) in [7, 11) is 0. The molecule has 1 aromatic carbocycles. The van der Waals surface area contributed by atoms with E-state index in [0.717, 1.165) is 29.3 Å². The van der Waals surface area contributed by atoms with Crippen molar-refractivity contribution in [2.24, 2.45) is 33.7 Å². The molecule has 4 saturated carbocycles. The van der Waals surface area contributed by atoms with Crippen LogP contribution < -0.4 is 5.43 Å². The Kier molecular flexibility index (Phi) is 6.61. The topological polar surface area (TPSA) is 128 Å². The number of aliphatic hydroxyl groups is 3. The molecule has 4 fully saturated rings. The van der Waals surface area contributed by atoms with Crippen molar-refractivity contribution < 1.29 is 29.6 Å². The molecule has 4 N–H and O–H groups in total. The maximum atomic E-state index is 12.8. The Labute approximate surface area is 237 Å². The minimum atomic E-state index is -1.17. The molecule has 1 heterocycles. The number of benzene rings is 1. The number of aliphatic hydroxyl groups excluding tert-OH is 1. The molecule has 39 heavy (non-hydrogen) atoms. The predicted molar refractivity (Wildman–Crippen MR) is 148 cm³/mol. The maximum Gasteiger partial charge on any atom is 0.331 e. The fourth-order valence-electron chi connectivity index (χ4n) is 9.23. The highest BCUT2D eigenvalue weighted by Gasteiger charge is 2.71. The fraction of sp³-hybridized carbons (Fsp3) is 0.633. The second-order valence-corrected chi connectivity index (χ2v) is 13.6. The van der Waals surface area contributed by atoms with Gasteiger partial charge in [0.05, 0.1) is 17.3 Å². The number of nitrogens with one attached hydrogen (secondary N) is 1. The minimum Gasteiger partial charge on any atom is -0.458 e. The van der Waals surface area contributed by atoms with Crippen LogP contribution in [0.15, 0.2) is 45.5 Å². The van der Waals surface area contributed by atoms with Crippen LogP contribution in [0.25, 0.3) is 0 Å². The molecule has 210 valence electrons. The van der Waals surface area contributed by atoms with E-state index in [-0.39, 0.29) is 36.1 Å². The summed E-state index contributed by atoms with van der Waals surface area (Å²) < 4.78 is 6.10. The number of fused-ring (bicyclic) bond motifs is 5. The third-order valence-electron chi connectivity index (χ3n) is 11.2. The van der Waals surface area contributed by atoms with Gasteiger partial charge in [0, 0.05) is 39.6 Å². The zero-order chi connectivity index (χ0) is 27.6. The van der Waals surface area contributed by atoms with Crippen LogP contribution in [0, 0.1) is 28.6 Å². The zero-order valence-corrected chi connectivity index (χ0v) is 23.8. The summed E-state index contributed by atoms with van der Waals surface area (Å²) in [6.45, 7) is 2.46. The second kappa shape index (κ2) is 9.50. The predicted octanol–water partition coefficient (Wildman–Crippen LogP) is 3.88. The number of hydrogen-bond donors (Lipinski definition) is 4. The first-order chi connectivity index (χ1) is 18.5. The molecule has 0 radical (unpaired) electrons. The van der Waals surface area contributed by atoms with E-state index >= 15 is 0 Å². The molecule has 5 aliphatic rings. The molecule has 0 spiro atoms. The number of nitrogens with zero attached hydrogens (tertiary/aromatic N) is 1. The molecule has 8 atom stereocenters. The molecular formula is C30H37BrN2O6. The van der Waals surface area contributed by atoms with Crippen molar-refractivity contribution in [2.75, 3.05) is 6.61 Å². The van der Waals surface area contributed by atoms with Gasteiger partial charge in [-0.05, 0) is 99.0 Å². The van der Waals surface area contributed by atoms with Crippen molar-refractivity contribution in [3.8, 4) is 0 Å². The number of esters is 1. The van der Waals surface area contributed by atoms with Gasteiger partial charge >= 0.3 is 5.97 Å². The number of hydrogen-bond acceptors (Lipinski definition) is 7. The molecule has 8 nitrogen and oxygen atoms in total. The number of carbonyl (C=O) groups excluding carboxylic acids is 2. The lowest BCUT2D eigenvalue weighted by atomic mass is 9.41. The summed E-state index contributed by atoms with van der Waals surface area (Å²) in [5.74, 6) is -0.675. The maximum absolute atomic E-state index is 12.8. The van der Waals surface area contributed by atoms with E-state index in [4.69, 9.17) is 4.74 Å². The van der Waals surface area contributed by atoms with Gasteiger partial charge in [0.2, 0.25) is 0 Å². The lowest BCUT2D eigenvalue weighted by Crippen LogP contribution is -2.68. The number of halogens is 1. The van der Waals surface area contributed by atoms with Crippen molar-refractivity contribution in [1.82, 2.24) is 5.43 Å². The number of ether oxygens (including phenoxy) is 1. The van der Waals surface area contributed by atoms with Crippen molar-refractivity contribution in [2.45, 2.75) is 82.0 Å². The van der Waals surface area contributed by atoms with Gasteiger partial charge in [-0.2, -0.15) is 5.10 Å². The number of hydrazone groups is 1. The third kappa shape index (κ3) is 4.06. The van der Waals surface area contributed by atoms with Gasteiger partial charge in [0.25, 0.3) is 5.91 Å². The fourth-order valence-corrected chi connectivity index (χ4v) is 9.50. The van der Waals surface area contributed by atoms with Crippen molar-refractivity contribution in [3.63, 3.8) is 0 Å². The van der Waals surface area contributed by atoms with Gasteiger partial charge in [-0.1, -0.05) is 22.9 Å². The van der Waals surface area contributed by atoms with E-state index in [1.807, 2.05) is 0 Å². The number of carbonyl (C=O) groups is 2. The lowest BCUT2D eigenvalue weighted by Gasteiger charge is -2.65. The smallest absolute Gasteiger partial charge is 0.331 e. The molecule has 1 aromatic rings. The van der Waals surface area contributed by atoms with Crippen LogP contribution in [0.3, 0.4) is 0 Å². The van der Waals surface area contributed by atoms with Gasteiger partial charge in [-0.15, -0.1) is 0 Å². The van der Waals surface area contributed by atoms with Crippen LogP contribution in [0.5, 0.6) is 0 Å². The first-order valence-corrected chi connectivity index (χ1v) is 14.9. The Morgan fingerprint density at radius 2 is 1.82 bits per heavy atom. The van der Waals surface area contributed by atoms with E-state index in [9.17, 15) is 24.9 Å². The number of cyclic esters (lactones) is 1. The van der Waals surface area contributed by atoms with Crippen molar-refractivity contribution in [3.05, 3.63) is 46.0 Å². The van der Waals surface area contributed by atoms with Crippen LogP contribution in [0.2, 0.25) is 0 Å². The largest absolute Gasteiger partial charge is 0.458 e. The summed E-state index contributed by atoms with van der Waals surface area (Å²) >= 11 is 3.38. The Hall–Kier alpha value is -2.07. The van der Waals surface area contributed by atoms with E-state index in [1.54, 1.807) is 36.6 Å². The highest BCUT2D eigenvalue weighted by atomic mass is 79.9. The Morgan fingerprint density at radius 3 is 2.54 bits per heavy atom. The first kappa shape index (κ1) is 27.1. The molecule has 1 amide bonds. The van der Waals surface area contributed by atoms with E-state index in [1.165, 1.54) is 0 Å². The lowest BCUT2D eigenvalue weighted by molar-refractivity contribution is -0.237. The average Bonchev–Trinajstić information content (AvgIpc) is 3.44. The van der Waals surface area contributed by atoms with Gasteiger partial charge in [0.15, 0.2) is 0 Å². The van der Waals surface area contributed by atoms with E-state index in [0.29, 0.717) is 44.3 Å². The first-order valence-electron chi connectivity index (χ1n) is 14.1. The average molecular weight is 602 g/mol. The normalized spacial score (nSPS) is 43.3. The van der Waals surface area contributed by atoms with Gasteiger partial charge in [-0.3, -0.25) is 4.79 Å². The molecule has 4 aliphatic carbocycles. The number of rotatable bonds is 4. The van der Waals surface area contributed by atoms with Crippen LogP contribution in [-0.2, 0) is 9.53 Å². The Bertz CT molecular complexity index is 1230. The summed E-state index contributed by atoms with van der Waals surface area (Å²) in [6, 6.07) is 7.01. The molecule has 1 aliphatic heterocycles. The Morgan fingerprint density at radius 1 is 1.08 bits per heavy atom. The SMILES string of the molecule is CC12CC[C@H]3[C@@H](CCC4(O)C[C@H](O)CCC34/C=N/NC(=O)c3ccc(Br)cc3)C1(O)CCC2C1=CC(=O)OC1. The molecule has 9 heteroatoms. The van der Waals surface area contributed by atoms with Crippen LogP contribution in [0.4, 0.5) is 0 Å². The monoisotopic (exact) mass is 600 g/mol. The van der Waals surface area contributed by atoms with E-state index < -0.39 is 28.1 Å². The molecule has 0 saturated heterocycles. The summed E-state index contributed by atoms with van der Waals surface area (Å²) in [4.78, 5) is 24.6. The van der Waals surface area contributed by atoms with Gasteiger partial charge in [0.1, 0.15) is 6.61 Å². The van der Waals surface area contributed by atoms with Crippen LogP contribution in [-0.4, -0.2) is 57.3 Å². The minimum absolute atomic E-state index is 0.0515. The quantitative estimate of drug-likeness (QED) is 0.236. The highest BCUT2D eigenvalue weighted by molar-refractivity contribution is 9.10. The zero-order valence-electron chi connectivity index (χ0n) is 22.2. The van der Waals surface area contributed by atoms with Gasteiger partial charge < -0.3 is 20.1 Å². The Balaban J connectivity index is 1.32. The van der Waals surface area contributed by atoms with Crippen LogP contribution in [0.1, 0.15) is 75.1 Å². The molecule has 6 rings (SSSR count). The molecule has 0 aromatic heterocycles. The van der Waals surface area contributed by atoms with Gasteiger partial charge in [-0.25, -0.2) is 10.2 Å². The molecule has 0 bridgehead atoms. The summed E-state index contributed by atoms with van der Waals surface area (Å²) in [6.07, 6.45) is 8.14. The highest BCUT2D eigenvalue weighted by Crippen LogP contribution is 2.70. The van der Waals surface area contributed by atoms with Crippen LogP contribution >= 0.6 is 15.9 Å². The molecule has 5 unspecified atom stereocenters. The standard InChI is InChI=1S/C30H37BrN2O6/c1-27-10-7-23-24(30(27,38)13-9-22(27)19-14-25(35)39-16-19)8-12-29(37)15-21(34)6-11-28(23,29)17-32-33-26(36)18-2-4-20(31)5-3-18/h2-5,14,17,21-24,34,37-38H,6-13,15-16H2,1H3,(H,33,36)/b32-17+/t21-,22?,23+,24-,27?,28?,29?,30?/m1/s1. The van der Waals surface area contributed by atoms with Crippen molar-refractivity contribution in [1.29, 1.82) is 0 Å². The van der Waals surface area contributed by atoms with E-state index in [2.05, 4.69) is 33.4 Å². The summed E-state index contributed by atoms with van der Waals surface area (Å²) in [5.41, 5.74) is 0.820. The second-order valence-electron chi connectivity index (χ2n) is 12.7. The third-order valence-corrected chi connectivity index (χ3v) is 11.7. The molecular weight excluding hydrogens is 564 g/mol. The van der Waals surface area contributed by atoms with Crippen molar-refractivity contribution >= 4 is 34.0 Å². The number of amides is 1. The summed E-state index contributed by atoms with van der Waals surface area (Å²) in [5, 5.41) is 39.6.